The first kappa shape index (κ1) is 14.2. The van der Waals surface area contributed by atoms with E-state index < -0.39 is 6.10 Å². The average molecular weight is 300 g/mol. The van der Waals surface area contributed by atoms with Crippen molar-refractivity contribution < 1.29 is 9.90 Å². The zero-order valence-electron chi connectivity index (χ0n) is 10.1. The number of rotatable bonds is 5. The Morgan fingerprint density at radius 3 is 2.47 bits per heavy atom. The van der Waals surface area contributed by atoms with Crippen LogP contribution in [-0.4, -0.2) is 17.1 Å². The number of benzene rings is 1. The summed E-state index contributed by atoms with van der Waals surface area (Å²) in [4.78, 5) is 11.4. The minimum Gasteiger partial charge on any atom is -0.388 e. The van der Waals surface area contributed by atoms with Gasteiger partial charge in [0.15, 0.2) is 0 Å². The van der Waals surface area contributed by atoms with Gasteiger partial charge in [-0.15, -0.1) is 0 Å². The van der Waals surface area contributed by atoms with E-state index >= 15 is 0 Å². The van der Waals surface area contributed by atoms with Crippen molar-refractivity contribution in [1.82, 2.24) is 5.32 Å². The van der Waals surface area contributed by atoms with Crippen LogP contribution in [0.15, 0.2) is 28.7 Å². The molecule has 3 nitrogen and oxygen atoms in total. The van der Waals surface area contributed by atoms with Crippen LogP contribution in [0.1, 0.15) is 38.4 Å². The molecule has 2 N–H and O–H groups in total. The van der Waals surface area contributed by atoms with Crippen LogP contribution in [0.3, 0.4) is 0 Å². The van der Waals surface area contributed by atoms with Gasteiger partial charge in [0, 0.05) is 16.9 Å². The molecule has 1 rings (SSSR count). The predicted molar refractivity (Wildman–Crippen MR) is 71.6 cm³/mol. The summed E-state index contributed by atoms with van der Waals surface area (Å²) < 4.78 is 0.978. The van der Waals surface area contributed by atoms with Gasteiger partial charge >= 0.3 is 0 Å². The number of carbonyl (C=O) groups excluding carboxylic acids is 1. The molecule has 1 amide bonds. The van der Waals surface area contributed by atoms with Crippen molar-refractivity contribution in [3.63, 3.8) is 0 Å². The van der Waals surface area contributed by atoms with E-state index in [1.807, 2.05) is 38.1 Å². The Labute approximate surface area is 110 Å². The molecule has 0 saturated heterocycles. The van der Waals surface area contributed by atoms with Gasteiger partial charge in [0.2, 0.25) is 5.91 Å². The first-order valence-electron chi connectivity index (χ1n) is 5.72. The van der Waals surface area contributed by atoms with Crippen molar-refractivity contribution in [2.75, 3.05) is 0 Å². The minimum absolute atomic E-state index is 0.0174. The Bertz CT molecular complexity index is 362. The van der Waals surface area contributed by atoms with Crippen molar-refractivity contribution in [3.8, 4) is 0 Å². The number of nitrogens with one attached hydrogen (secondary N) is 1. The highest BCUT2D eigenvalue weighted by atomic mass is 79.9. The number of carbonyl (C=O) groups is 1. The highest BCUT2D eigenvalue weighted by Crippen LogP contribution is 2.20. The summed E-state index contributed by atoms with van der Waals surface area (Å²) in [5.74, 6) is -0.0174. The SMILES string of the molecule is CC(C)NC(=O)CCC(O)c1ccc(Br)cc1. The molecule has 94 valence electrons. The van der Waals surface area contributed by atoms with Crippen LogP contribution in [0.4, 0.5) is 0 Å². The minimum atomic E-state index is -0.582. The number of aliphatic hydroxyl groups is 1. The van der Waals surface area contributed by atoms with Crippen molar-refractivity contribution in [2.45, 2.75) is 38.8 Å². The zero-order chi connectivity index (χ0) is 12.8. The van der Waals surface area contributed by atoms with Crippen LogP contribution in [0, 0.1) is 0 Å². The van der Waals surface area contributed by atoms with E-state index in [9.17, 15) is 9.90 Å². The van der Waals surface area contributed by atoms with Crippen molar-refractivity contribution in [2.24, 2.45) is 0 Å². The van der Waals surface area contributed by atoms with E-state index in [1.54, 1.807) is 0 Å². The standard InChI is InChI=1S/C13H18BrNO2/c1-9(2)15-13(17)8-7-12(16)10-3-5-11(14)6-4-10/h3-6,9,12,16H,7-8H2,1-2H3,(H,15,17). The number of amides is 1. The summed E-state index contributed by atoms with van der Waals surface area (Å²) in [6.45, 7) is 3.84. The Morgan fingerprint density at radius 1 is 1.35 bits per heavy atom. The summed E-state index contributed by atoms with van der Waals surface area (Å²) in [6.07, 6.45) is 0.205. The van der Waals surface area contributed by atoms with Crippen molar-refractivity contribution >= 4 is 21.8 Å². The largest absolute Gasteiger partial charge is 0.388 e. The maximum atomic E-state index is 11.4. The third-order valence-electron chi connectivity index (χ3n) is 2.35. The van der Waals surface area contributed by atoms with E-state index in [0.717, 1.165) is 10.0 Å². The molecule has 4 heteroatoms. The highest BCUT2D eigenvalue weighted by Gasteiger charge is 2.10. The van der Waals surface area contributed by atoms with Crippen LogP contribution >= 0.6 is 15.9 Å². The van der Waals surface area contributed by atoms with Crippen LogP contribution in [0.2, 0.25) is 0 Å². The maximum Gasteiger partial charge on any atom is 0.220 e. The predicted octanol–water partition coefficient (Wildman–Crippen LogP) is 2.79. The molecule has 1 aromatic rings. The number of hydrogen-bond acceptors (Lipinski definition) is 2. The molecule has 0 aliphatic rings. The molecule has 0 saturated carbocycles. The van der Waals surface area contributed by atoms with Crippen LogP contribution < -0.4 is 5.32 Å². The molecule has 0 bridgehead atoms. The van der Waals surface area contributed by atoms with E-state index in [4.69, 9.17) is 0 Å². The molecule has 1 aromatic carbocycles. The highest BCUT2D eigenvalue weighted by molar-refractivity contribution is 9.10. The van der Waals surface area contributed by atoms with Gasteiger partial charge in [0.1, 0.15) is 0 Å². The first-order valence-corrected chi connectivity index (χ1v) is 6.51. The first-order chi connectivity index (χ1) is 7.99. The van der Waals surface area contributed by atoms with E-state index in [-0.39, 0.29) is 11.9 Å². The van der Waals surface area contributed by atoms with Gasteiger partial charge in [-0.25, -0.2) is 0 Å². The van der Waals surface area contributed by atoms with Gasteiger partial charge in [-0.2, -0.15) is 0 Å². The fraction of sp³-hybridized carbons (Fsp3) is 0.462. The van der Waals surface area contributed by atoms with Gasteiger partial charge in [0.05, 0.1) is 6.10 Å². The number of halogens is 1. The molecule has 17 heavy (non-hydrogen) atoms. The summed E-state index contributed by atoms with van der Waals surface area (Å²) >= 11 is 3.34. The lowest BCUT2D eigenvalue weighted by Gasteiger charge is -2.12. The molecule has 0 heterocycles. The van der Waals surface area contributed by atoms with Crippen LogP contribution in [0.5, 0.6) is 0 Å². The van der Waals surface area contributed by atoms with Crippen molar-refractivity contribution in [1.29, 1.82) is 0 Å². The van der Waals surface area contributed by atoms with E-state index in [1.165, 1.54) is 0 Å². The van der Waals surface area contributed by atoms with Gasteiger partial charge in [0.25, 0.3) is 0 Å². The third kappa shape index (κ3) is 5.33. The fourth-order valence-electron chi connectivity index (χ4n) is 1.51. The zero-order valence-corrected chi connectivity index (χ0v) is 11.7. The smallest absolute Gasteiger partial charge is 0.220 e. The molecule has 1 unspecified atom stereocenters. The summed E-state index contributed by atoms with van der Waals surface area (Å²) in [5.41, 5.74) is 0.838. The summed E-state index contributed by atoms with van der Waals surface area (Å²) in [5, 5.41) is 12.7. The number of aliphatic hydroxyl groups excluding tert-OH is 1. The Hall–Kier alpha value is -0.870. The fourth-order valence-corrected chi connectivity index (χ4v) is 1.78. The maximum absolute atomic E-state index is 11.4. The summed E-state index contributed by atoms with van der Waals surface area (Å²) in [7, 11) is 0. The second-order valence-corrected chi connectivity index (χ2v) is 5.24. The molecule has 0 fully saturated rings. The normalized spacial score (nSPS) is 12.5. The quantitative estimate of drug-likeness (QED) is 0.878. The second-order valence-electron chi connectivity index (χ2n) is 4.33. The Balaban J connectivity index is 2.42. The van der Waals surface area contributed by atoms with Gasteiger partial charge in [-0.3, -0.25) is 4.79 Å². The molecule has 0 spiro atoms. The van der Waals surface area contributed by atoms with Crippen molar-refractivity contribution in [3.05, 3.63) is 34.3 Å². The molecular weight excluding hydrogens is 282 g/mol. The average Bonchev–Trinajstić information content (AvgIpc) is 2.26. The molecule has 1 atom stereocenters. The Morgan fingerprint density at radius 2 is 1.94 bits per heavy atom. The summed E-state index contributed by atoms with van der Waals surface area (Å²) in [6, 6.07) is 7.62. The van der Waals surface area contributed by atoms with Crippen LogP contribution in [-0.2, 0) is 4.79 Å². The molecule has 0 radical (unpaired) electrons. The van der Waals surface area contributed by atoms with Crippen LogP contribution in [0.25, 0.3) is 0 Å². The van der Waals surface area contributed by atoms with Gasteiger partial charge in [-0.05, 0) is 38.0 Å². The molecule has 0 aliphatic carbocycles. The number of hydrogen-bond donors (Lipinski definition) is 2. The van der Waals surface area contributed by atoms with Gasteiger partial charge < -0.3 is 10.4 Å². The van der Waals surface area contributed by atoms with E-state index in [2.05, 4.69) is 21.2 Å². The monoisotopic (exact) mass is 299 g/mol. The lowest BCUT2D eigenvalue weighted by atomic mass is 10.0. The lowest BCUT2D eigenvalue weighted by molar-refractivity contribution is -0.122. The van der Waals surface area contributed by atoms with Gasteiger partial charge in [-0.1, -0.05) is 28.1 Å². The topological polar surface area (TPSA) is 49.3 Å². The molecular formula is C13H18BrNO2. The Kier molecular flexibility index (Phi) is 5.65. The molecule has 0 aromatic heterocycles. The molecule has 0 aliphatic heterocycles. The second kappa shape index (κ2) is 6.77. The van der Waals surface area contributed by atoms with E-state index in [0.29, 0.717) is 12.8 Å². The lowest BCUT2D eigenvalue weighted by Crippen LogP contribution is -2.30. The third-order valence-corrected chi connectivity index (χ3v) is 2.88.